The lowest BCUT2D eigenvalue weighted by atomic mass is 9.92. The van der Waals surface area contributed by atoms with Crippen molar-refractivity contribution in [2.24, 2.45) is 5.73 Å². The largest absolute Gasteiger partial charge is 0.378 e. The highest BCUT2D eigenvalue weighted by atomic mass is 16.5. The lowest BCUT2D eigenvalue weighted by molar-refractivity contribution is -0.0435. The zero-order valence-electron chi connectivity index (χ0n) is 23.0. The summed E-state index contributed by atoms with van der Waals surface area (Å²) in [6.45, 7) is 8.26. The second kappa shape index (κ2) is 10.7. The van der Waals surface area contributed by atoms with E-state index >= 15 is 0 Å². The monoisotopic (exact) mass is 525 g/mol. The van der Waals surface area contributed by atoms with E-state index in [1.807, 2.05) is 26.2 Å². The van der Waals surface area contributed by atoms with Crippen LogP contribution in [-0.2, 0) is 9.47 Å². The number of pyridine rings is 2. The molecule has 3 saturated heterocycles. The van der Waals surface area contributed by atoms with Crippen LogP contribution < -0.4 is 21.1 Å². The Bertz CT molecular complexity index is 1370. The van der Waals surface area contributed by atoms with E-state index in [1.54, 1.807) is 7.11 Å². The molecule has 0 saturated carbocycles. The number of fused-ring (bicyclic) bond motifs is 1. The number of hydrogen-bond donors (Lipinski definition) is 1. The Morgan fingerprint density at radius 3 is 2.64 bits per heavy atom. The van der Waals surface area contributed by atoms with Crippen LogP contribution in [0, 0.1) is 11.3 Å². The molecule has 2 N–H and O–H groups in total. The van der Waals surface area contributed by atoms with Crippen LogP contribution in [0.1, 0.15) is 24.0 Å². The van der Waals surface area contributed by atoms with Gasteiger partial charge in [-0.25, -0.2) is 4.98 Å². The summed E-state index contributed by atoms with van der Waals surface area (Å²) in [5, 5.41) is 10.6. The molecule has 0 aliphatic carbocycles. The van der Waals surface area contributed by atoms with Gasteiger partial charge in [0.2, 0.25) is 0 Å². The molecular formula is C29H36BN7O2. The van der Waals surface area contributed by atoms with Crippen LogP contribution in [0.15, 0.2) is 42.6 Å². The molecule has 1 aromatic carbocycles. The molecule has 202 valence electrons. The van der Waals surface area contributed by atoms with Gasteiger partial charge in [0.25, 0.3) is 0 Å². The number of ether oxygens (including phenoxy) is 2. The van der Waals surface area contributed by atoms with Gasteiger partial charge < -0.3 is 25.0 Å². The van der Waals surface area contributed by atoms with Gasteiger partial charge in [0.05, 0.1) is 35.4 Å². The van der Waals surface area contributed by atoms with Gasteiger partial charge in [-0.1, -0.05) is 12.1 Å². The van der Waals surface area contributed by atoms with Crippen molar-refractivity contribution in [2.75, 3.05) is 62.7 Å². The van der Waals surface area contributed by atoms with Crippen LogP contribution in [0.4, 0.5) is 11.5 Å². The summed E-state index contributed by atoms with van der Waals surface area (Å²) in [5.74, 6) is 1.46. The number of aromatic nitrogens is 2. The van der Waals surface area contributed by atoms with Gasteiger partial charge in [0.15, 0.2) is 7.85 Å². The number of nitriles is 1. The number of methoxy groups -OCH3 is 1. The molecule has 3 aromatic rings. The molecule has 9 nitrogen and oxygen atoms in total. The lowest BCUT2D eigenvalue weighted by Crippen LogP contribution is -2.55. The highest BCUT2D eigenvalue weighted by Crippen LogP contribution is 2.32. The molecule has 4 atom stereocenters. The van der Waals surface area contributed by atoms with Crippen LogP contribution in [0.3, 0.4) is 0 Å². The Labute approximate surface area is 230 Å². The number of hydrogen-bond acceptors (Lipinski definition) is 9. The molecule has 5 heterocycles. The minimum absolute atomic E-state index is 0.0220. The number of rotatable bonds is 6. The zero-order valence-corrected chi connectivity index (χ0v) is 23.0. The summed E-state index contributed by atoms with van der Waals surface area (Å²) in [7, 11) is 3.68. The summed E-state index contributed by atoms with van der Waals surface area (Å²) in [4.78, 5) is 16.5. The van der Waals surface area contributed by atoms with E-state index in [2.05, 4.69) is 56.9 Å². The summed E-state index contributed by atoms with van der Waals surface area (Å²) in [6.07, 6.45) is 2.32. The third-order valence-corrected chi connectivity index (χ3v) is 8.36. The molecule has 39 heavy (non-hydrogen) atoms. The van der Waals surface area contributed by atoms with E-state index in [4.69, 9.17) is 20.2 Å². The number of nitrogens with two attached hydrogens (primary N) is 1. The maximum absolute atomic E-state index is 9.60. The number of morpholine rings is 1. The van der Waals surface area contributed by atoms with Crippen molar-refractivity contribution in [1.82, 2.24) is 14.9 Å². The molecule has 3 fully saturated rings. The van der Waals surface area contributed by atoms with E-state index in [-0.39, 0.29) is 24.4 Å². The minimum atomic E-state index is 0.0220. The highest BCUT2D eigenvalue weighted by Gasteiger charge is 2.34. The average Bonchev–Trinajstić information content (AvgIpc) is 3.30. The number of likely N-dealkylation sites (tertiary alicyclic amines) is 1. The minimum Gasteiger partial charge on any atom is -0.378 e. The first kappa shape index (κ1) is 26.0. The average molecular weight is 525 g/mol. The van der Waals surface area contributed by atoms with Gasteiger partial charge in [0, 0.05) is 76.1 Å². The van der Waals surface area contributed by atoms with E-state index in [0.29, 0.717) is 11.5 Å². The normalized spacial score (nSPS) is 26.1. The van der Waals surface area contributed by atoms with Crippen LogP contribution in [-0.4, -0.2) is 100.0 Å². The predicted molar refractivity (Wildman–Crippen MR) is 156 cm³/mol. The fourth-order valence-corrected chi connectivity index (χ4v) is 6.29. The highest BCUT2D eigenvalue weighted by molar-refractivity contribution is 6.31. The first-order valence-corrected chi connectivity index (χ1v) is 13.8. The molecule has 0 amide bonds. The molecule has 10 heteroatoms. The molecule has 6 rings (SSSR count). The van der Waals surface area contributed by atoms with Gasteiger partial charge in [0.1, 0.15) is 11.9 Å². The zero-order chi connectivity index (χ0) is 27.1. The van der Waals surface area contributed by atoms with Crippen LogP contribution in [0.2, 0.25) is 0 Å². The van der Waals surface area contributed by atoms with E-state index in [9.17, 15) is 5.26 Å². The Morgan fingerprint density at radius 1 is 1.08 bits per heavy atom. The van der Waals surface area contributed by atoms with Gasteiger partial charge in [-0.05, 0) is 42.3 Å². The van der Waals surface area contributed by atoms with Gasteiger partial charge in [-0.3, -0.25) is 9.88 Å². The maximum atomic E-state index is 9.60. The fourth-order valence-electron chi connectivity index (χ4n) is 6.29. The van der Waals surface area contributed by atoms with Crippen molar-refractivity contribution in [2.45, 2.75) is 37.2 Å². The third kappa shape index (κ3) is 5.20. The van der Waals surface area contributed by atoms with Crippen LogP contribution >= 0.6 is 0 Å². The van der Waals surface area contributed by atoms with E-state index in [0.717, 1.165) is 73.8 Å². The van der Waals surface area contributed by atoms with Crippen molar-refractivity contribution in [3.05, 3.63) is 53.7 Å². The fraction of sp³-hybridized carbons (Fsp3) is 0.483. The quantitative estimate of drug-likeness (QED) is 0.464. The Hall–Kier alpha value is -3.23. The second-order valence-corrected chi connectivity index (χ2v) is 11.3. The SMILES string of the molecule is Bc1ccc2c(N3C[C@H](CN4CC(c5ccc(N6C[C@@H](N)[C@H](OC)C6)nc5)C4)O[C@H](C)C3)ccc(C#N)c2n1. The Kier molecular flexibility index (Phi) is 7.17. The van der Waals surface area contributed by atoms with Crippen molar-refractivity contribution in [1.29, 1.82) is 5.26 Å². The number of nitrogens with zero attached hydrogens (tertiary/aromatic N) is 6. The molecule has 0 spiro atoms. The van der Waals surface area contributed by atoms with Gasteiger partial charge in [-0.2, -0.15) is 5.26 Å². The first-order chi connectivity index (χ1) is 18.9. The van der Waals surface area contributed by atoms with E-state index < -0.39 is 0 Å². The topological polar surface area (TPSA) is 104 Å². The maximum Gasteiger partial charge on any atom is 0.163 e. The Balaban J connectivity index is 1.07. The third-order valence-electron chi connectivity index (χ3n) is 8.36. The molecule has 0 radical (unpaired) electrons. The summed E-state index contributed by atoms with van der Waals surface area (Å²) >= 11 is 0. The lowest BCUT2D eigenvalue weighted by Gasteiger charge is -2.45. The van der Waals surface area contributed by atoms with Crippen molar-refractivity contribution in [3.63, 3.8) is 0 Å². The summed E-state index contributed by atoms with van der Waals surface area (Å²) < 4.78 is 11.9. The van der Waals surface area contributed by atoms with Crippen molar-refractivity contribution in [3.8, 4) is 6.07 Å². The van der Waals surface area contributed by atoms with Crippen molar-refractivity contribution < 1.29 is 9.47 Å². The summed E-state index contributed by atoms with van der Waals surface area (Å²) in [5.41, 5.74) is 10.9. The second-order valence-electron chi connectivity index (χ2n) is 11.3. The standard InChI is InChI=1S/C29H36BN7O2/c1-18-11-36(25-6-3-19(9-31)29-23(25)5-7-27(30)34-29)15-22(39-18)14-35-12-21(13-35)20-4-8-28(33-10-20)37-16-24(32)26(17-37)38-2/h3-8,10,18,21-22,24,26H,11-17,30,32H2,1-2H3/t18-,22+,24-,26-/m1/s1. The number of benzene rings is 1. The van der Waals surface area contributed by atoms with Crippen LogP contribution in [0.25, 0.3) is 10.9 Å². The predicted octanol–water partition coefficient (Wildman–Crippen LogP) is 0.615. The first-order valence-electron chi connectivity index (χ1n) is 13.8. The van der Waals surface area contributed by atoms with Gasteiger partial charge >= 0.3 is 0 Å². The van der Waals surface area contributed by atoms with Gasteiger partial charge in [-0.15, -0.1) is 0 Å². The Morgan fingerprint density at radius 2 is 1.92 bits per heavy atom. The molecular weight excluding hydrogens is 489 g/mol. The molecule has 3 aliphatic rings. The number of anilines is 2. The molecule has 3 aliphatic heterocycles. The molecule has 0 unspecified atom stereocenters. The summed E-state index contributed by atoms with van der Waals surface area (Å²) in [6, 6.07) is 14.7. The smallest absolute Gasteiger partial charge is 0.163 e. The van der Waals surface area contributed by atoms with Crippen LogP contribution in [0.5, 0.6) is 0 Å². The van der Waals surface area contributed by atoms with Crippen molar-refractivity contribution >= 4 is 35.8 Å². The van der Waals surface area contributed by atoms with E-state index in [1.165, 1.54) is 5.56 Å². The molecule has 2 aromatic heterocycles. The molecule has 0 bridgehead atoms.